The molecule has 3 aromatic rings. The van der Waals surface area contributed by atoms with Crippen LogP contribution in [-0.4, -0.2) is 75.7 Å². The van der Waals surface area contributed by atoms with Gasteiger partial charge in [0, 0.05) is 44.0 Å². The van der Waals surface area contributed by atoms with Crippen molar-refractivity contribution in [2.75, 3.05) is 26.9 Å². The predicted octanol–water partition coefficient (Wildman–Crippen LogP) is 4.70. The fourth-order valence-electron chi connectivity index (χ4n) is 6.12. The minimum Gasteiger partial charge on any atom is -0.453 e. The highest BCUT2D eigenvalue weighted by Crippen LogP contribution is 2.34. The molecule has 2 aliphatic heterocycles. The first-order chi connectivity index (χ1) is 21.7. The van der Waals surface area contributed by atoms with E-state index in [0.717, 1.165) is 66.8 Å². The van der Waals surface area contributed by atoms with E-state index in [9.17, 15) is 14.4 Å². The summed E-state index contributed by atoms with van der Waals surface area (Å²) in [6.07, 6.45) is 7.32. The molecule has 1 aromatic carbocycles. The summed E-state index contributed by atoms with van der Waals surface area (Å²) < 4.78 is 10.6. The zero-order chi connectivity index (χ0) is 31.9. The van der Waals surface area contributed by atoms with E-state index >= 15 is 0 Å². The van der Waals surface area contributed by atoms with E-state index in [-0.39, 0.29) is 23.8 Å². The van der Waals surface area contributed by atoms with Crippen LogP contribution >= 0.6 is 0 Å². The normalized spacial score (nSPS) is 22.5. The molecule has 12 heteroatoms. The second-order valence-corrected chi connectivity index (χ2v) is 12.7. The molecule has 3 amide bonds. The highest BCUT2D eigenvalue weighted by Gasteiger charge is 2.35. The maximum absolute atomic E-state index is 13.2. The number of methoxy groups -OCH3 is 1. The highest BCUT2D eigenvalue weighted by atomic mass is 16.5. The quantitative estimate of drug-likeness (QED) is 0.298. The number of fused-ring (bicyclic) bond motifs is 1. The largest absolute Gasteiger partial charge is 0.453 e. The number of benzene rings is 1. The van der Waals surface area contributed by atoms with Gasteiger partial charge in [0.15, 0.2) is 0 Å². The van der Waals surface area contributed by atoms with Gasteiger partial charge in [-0.3, -0.25) is 9.59 Å². The number of carbonyl (C=O) groups excluding carboxylic acids is 3. The van der Waals surface area contributed by atoms with Gasteiger partial charge < -0.3 is 35.0 Å². The second-order valence-electron chi connectivity index (χ2n) is 12.7. The molecular formula is C33H47N7O5. The summed E-state index contributed by atoms with van der Waals surface area (Å²) in [5.74, 6) is 1.67. The lowest BCUT2D eigenvalue weighted by Crippen LogP contribution is -2.48. The lowest BCUT2D eigenvalue weighted by atomic mass is 9.96. The molecule has 0 aliphatic carbocycles. The fraction of sp³-hybridized carbons (Fsp3) is 0.606. The average Bonchev–Trinajstić information content (AvgIpc) is 3.79. The zero-order valence-corrected chi connectivity index (χ0v) is 26.9. The van der Waals surface area contributed by atoms with Gasteiger partial charge in [0.2, 0.25) is 11.8 Å². The molecule has 4 N–H and O–H groups in total. The van der Waals surface area contributed by atoms with Gasteiger partial charge in [0.1, 0.15) is 17.7 Å². The lowest BCUT2D eigenvalue weighted by molar-refractivity contribution is -0.137. The average molecular weight is 622 g/mol. The Balaban J connectivity index is 1.28. The van der Waals surface area contributed by atoms with Crippen molar-refractivity contribution in [3.63, 3.8) is 0 Å². The molecule has 0 bridgehead atoms. The number of nitrogens with one attached hydrogen (secondary N) is 4. The second kappa shape index (κ2) is 14.9. The number of amides is 3. The van der Waals surface area contributed by atoms with Crippen molar-refractivity contribution in [2.45, 2.75) is 90.3 Å². The molecule has 0 spiro atoms. The van der Waals surface area contributed by atoms with Crippen LogP contribution < -0.4 is 10.6 Å². The van der Waals surface area contributed by atoms with Crippen LogP contribution in [0.1, 0.15) is 101 Å². The fourth-order valence-corrected chi connectivity index (χ4v) is 6.12. The third kappa shape index (κ3) is 8.02. The Bertz CT molecular complexity index is 1470. The van der Waals surface area contributed by atoms with E-state index in [1.165, 1.54) is 7.11 Å². The van der Waals surface area contributed by atoms with E-state index in [1.807, 2.05) is 17.9 Å². The predicted molar refractivity (Wildman–Crippen MR) is 169 cm³/mol. The SMILES string of the molecule is COC(=O)N[C@H]1CCCCCOCC[C@@H](c2ncc(Cc3ccc4[nH]c([C@@H]5CCCN5C(=O)[C@@H](C)C(C)C)nc4c3)[nH]2)NC1=O. The number of alkyl carbamates (subject to hydrolysis) is 1. The number of aromatic nitrogens is 4. The number of hydrogen-bond donors (Lipinski definition) is 4. The van der Waals surface area contributed by atoms with Crippen molar-refractivity contribution < 1.29 is 23.9 Å². The van der Waals surface area contributed by atoms with E-state index < -0.39 is 18.2 Å². The van der Waals surface area contributed by atoms with Crippen molar-refractivity contribution in [3.8, 4) is 0 Å². The first-order valence-corrected chi connectivity index (χ1v) is 16.3. The number of imidazole rings is 2. The molecule has 2 saturated heterocycles. The van der Waals surface area contributed by atoms with Gasteiger partial charge >= 0.3 is 6.09 Å². The number of likely N-dealkylation sites (tertiary alicyclic amines) is 1. The standard InChI is InChI=1S/C33H47N7O5/c1-20(2)21(3)32(42)40-14-8-10-28(40)30-36-24-12-11-22(18-27(24)37-30)17-23-19-34-29(35-23)25-13-16-45-15-7-5-6-9-26(31(41)38-25)39-33(43)44-4/h11-12,18-21,25-26,28H,5-10,13-17H2,1-4H3,(H,34,35)(H,36,37)(H,38,41)(H,39,43)/t21-,25-,26-,28-/m0/s1. The lowest BCUT2D eigenvalue weighted by Gasteiger charge is -2.27. The Hall–Kier alpha value is -3.93. The van der Waals surface area contributed by atoms with E-state index in [1.54, 1.807) is 6.20 Å². The zero-order valence-electron chi connectivity index (χ0n) is 26.9. The molecule has 0 saturated carbocycles. The van der Waals surface area contributed by atoms with Gasteiger partial charge in [-0.15, -0.1) is 0 Å². The minimum atomic E-state index is -0.687. The number of ether oxygens (including phenoxy) is 2. The first-order valence-electron chi connectivity index (χ1n) is 16.3. The number of nitrogens with zero attached hydrogens (tertiary/aromatic N) is 3. The smallest absolute Gasteiger partial charge is 0.407 e. The summed E-state index contributed by atoms with van der Waals surface area (Å²) in [5.41, 5.74) is 3.78. The molecule has 45 heavy (non-hydrogen) atoms. The molecule has 4 heterocycles. The van der Waals surface area contributed by atoms with Gasteiger partial charge in [-0.25, -0.2) is 14.8 Å². The molecule has 0 radical (unpaired) electrons. The van der Waals surface area contributed by atoms with Crippen LogP contribution in [0.25, 0.3) is 11.0 Å². The van der Waals surface area contributed by atoms with Crippen LogP contribution in [0.2, 0.25) is 0 Å². The summed E-state index contributed by atoms with van der Waals surface area (Å²) in [4.78, 5) is 56.7. The van der Waals surface area contributed by atoms with Crippen LogP contribution in [0.5, 0.6) is 0 Å². The third-order valence-electron chi connectivity index (χ3n) is 9.12. The summed E-state index contributed by atoms with van der Waals surface area (Å²) in [6.45, 7) is 8.09. The Morgan fingerprint density at radius 1 is 1.07 bits per heavy atom. The molecule has 2 fully saturated rings. The van der Waals surface area contributed by atoms with Crippen molar-refractivity contribution >= 4 is 28.9 Å². The van der Waals surface area contributed by atoms with E-state index in [2.05, 4.69) is 51.6 Å². The van der Waals surface area contributed by atoms with Crippen molar-refractivity contribution in [2.24, 2.45) is 11.8 Å². The van der Waals surface area contributed by atoms with E-state index in [0.29, 0.717) is 44.2 Å². The van der Waals surface area contributed by atoms with Gasteiger partial charge in [0.25, 0.3) is 0 Å². The van der Waals surface area contributed by atoms with Crippen LogP contribution in [0.4, 0.5) is 4.79 Å². The number of aromatic amines is 2. The monoisotopic (exact) mass is 621 g/mol. The Labute approximate surface area is 264 Å². The van der Waals surface area contributed by atoms with Crippen molar-refractivity contribution in [1.29, 1.82) is 0 Å². The molecule has 5 rings (SSSR count). The summed E-state index contributed by atoms with van der Waals surface area (Å²) in [5, 5.41) is 5.73. The molecule has 2 aromatic heterocycles. The minimum absolute atomic E-state index is 0.0230. The van der Waals surface area contributed by atoms with Crippen LogP contribution in [-0.2, 0) is 25.5 Å². The number of hydrogen-bond acceptors (Lipinski definition) is 7. The van der Waals surface area contributed by atoms with Gasteiger partial charge in [-0.1, -0.05) is 39.7 Å². The maximum atomic E-state index is 13.2. The van der Waals surface area contributed by atoms with Gasteiger partial charge in [0.05, 0.1) is 30.2 Å². The Morgan fingerprint density at radius 2 is 1.91 bits per heavy atom. The summed E-state index contributed by atoms with van der Waals surface area (Å²) in [6, 6.07) is 5.06. The summed E-state index contributed by atoms with van der Waals surface area (Å²) in [7, 11) is 1.29. The molecule has 12 nitrogen and oxygen atoms in total. The Morgan fingerprint density at radius 3 is 2.71 bits per heavy atom. The highest BCUT2D eigenvalue weighted by molar-refractivity contribution is 5.85. The number of H-pyrrole nitrogens is 2. The van der Waals surface area contributed by atoms with Crippen molar-refractivity contribution in [3.05, 3.63) is 47.3 Å². The number of carbonyl (C=O) groups is 3. The molecule has 0 unspecified atom stereocenters. The van der Waals surface area contributed by atoms with Gasteiger partial charge in [-0.05, 0) is 55.7 Å². The molecular weight excluding hydrogens is 574 g/mol. The molecule has 2 aliphatic rings. The van der Waals surface area contributed by atoms with Crippen LogP contribution in [0.15, 0.2) is 24.4 Å². The van der Waals surface area contributed by atoms with Crippen LogP contribution in [0, 0.1) is 11.8 Å². The topological polar surface area (TPSA) is 154 Å². The van der Waals surface area contributed by atoms with Crippen LogP contribution in [0.3, 0.4) is 0 Å². The third-order valence-corrected chi connectivity index (χ3v) is 9.12. The van der Waals surface area contributed by atoms with Gasteiger partial charge in [-0.2, -0.15) is 0 Å². The summed E-state index contributed by atoms with van der Waals surface area (Å²) >= 11 is 0. The molecule has 244 valence electrons. The van der Waals surface area contributed by atoms with Crippen molar-refractivity contribution in [1.82, 2.24) is 35.5 Å². The molecule has 4 atom stereocenters. The first kappa shape index (κ1) is 32.5. The Kier molecular flexibility index (Phi) is 10.7. The van der Waals surface area contributed by atoms with E-state index in [4.69, 9.17) is 14.5 Å². The maximum Gasteiger partial charge on any atom is 0.407 e. The number of rotatable bonds is 7.